The van der Waals surface area contributed by atoms with Gasteiger partial charge in [0.15, 0.2) is 6.61 Å². The summed E-state index contributed by atoms with van der Waals surface area (Å²) in [6.07, 6.45) is 0. The second-order valence-electron chi connectivity index (χ2n) is 5.20. The zero-order valence-corrected chi connectivity index (χ0v) is 13.8. The fourth-order valence-corrected chi connectivity index (χ4v) is 1.83. The van der Waals surface area contributed by atoms with E-state index in [0.29, 0.717) is 18.8 Å². The maximum absolute atomic E-state index is 12.2. The fraction of sp³-hybridized carbons (Fsp3) is 0.467. The molecule has 0 fully saturated rings. The van der Waals surface area contributed by atoms with Crippen molar-refractivity contribution in [3.8, 4) is 0 Å². The molecular formula is C15H21N3O6. The van der Waals surface area contributed by atoms with Crippen molar-refractivity contribution in [2.24, 2.45) is 0 Å². The van der Waals surface area contributed by atoms with E-state index in [9.17, 15) is 19.7 Å². The van der Waals surface area contributed by atoms with E-state index in [4.69, 9.17) is 9.47 Å². The van der Waals surface area contributed by atoms with Gasteiger partial charge in [0.1, 0.15) is 0 Å². The first-order valence-electron chi connectivity index (χ1n) is 7.33. The van der Waals surface area contributed by atoms with Crippen molar-refractivity contribution in [3.05, 3.63) is 33.9 Å². The number of rotatable bonds is 9. The molecule has 0 unspecified atom stereocenters. The van der Waals surface area contributed by atoms with Crippen LogP contribution in [-0.4, -0.2) is 49.7 Å². The number of nitrogens with one attached hydrogen (secondary N) is 2. The molecule has 0 aliphatic carbocycles. The van der Waals surface area contributed by atoms with Gasteiger partial charge < -0.3 is 20.1 Å². The van der Waals surface area contributed by atoms with Crippen LogP contribution in [0.25, 0.3) is 0 Å². The number of methoxy groups -OCH3 is 1. The number of carbonyl (C=O) groups excluding carboxylic acids is 2. The Bertz CT molecular complexity index is 603. The van der Waals surface area contributed by atoms with E-state index in [2.05, 4.69) is 10.6 Å². The van der Waals surface area contributed by atoms with Crippen molar-refractivity contribution in [2.75, 3.05) is 32.2 Å². The third-order valence-electron chi connectivity index (χ3n) is 2.84. The Balaban J connectivity index is 2.87. The summed E-state index contributed by atoms with van der Waals surface area (Å²) in [4.78, 5) is 34.0. The van der Waals surface area contributed by atoms with Gasteiger partial charge in [-0.05, 0) is 19.9 Å². The van der Waals surface area contributed by atoms with Gasteiger partial charge in [0, 0.05) is 37.5 Å². The van der Waals surface area contributed by atoms with Crippen LogP contribution in [0.4, 0.5) is 11.4 Å². The predicted octanol–water partition coefficient (Wildman–Crippen LogP) is 1.33. The Morgan fingerprint density at radius 3 is 2.62 bits per heavy atom. The molecule has 1 aromatic carbocycles. The lowest BCUT2D eigenvalue weighted by atomic mass is 10.1. The molecule has 0 heterocycles. The molecule has 0 spiro atoms. The molecule has 1 rings (SSSR count). The van der Waals surface area contributed by atoms with Gasteiger partial charge in [-0.2, -0.15) is 0 Å². The summed E-state index contributed by atoms with van der Waals surface area (Å²) in [7, 11) is 1.53. The smallest absolute Gasteiger partial charge is 0.341 e. The van der Waals surface area contributed by atoms with E-state index in [1.165, 1.54) is 19.2 Å². The molecule has 0 aliphatic heterocycles. The average molecular weight is 339 g/mol. The van der Waals surface area contributed by atoms with Crippen LogP contribution >= 0.6 is 0 Å². The number of non-ortho nitro benzene ring substituents is 1. The minimum Gasteiger partial charge on any atom is -0.452 e. The molecule has 0 radical (unpaired) electrons. The third-order valence-corrected chi connectivity index (χ3v) is 2.84. The SMILES string of the molecule is COCCNc1ccc([N+](=O)[O-])cc1C(=O)OCC(=O)NC(C)C. The number of esters is 1. The summed E-state index contributed by atoms with van der Waals surface area (Å²) < 4.78 is 9.83. The Morgan fingerprint density at radius 1 is 1.33 bits per heavy atom. The van der Waals surface area contributed by atoms with Gasteiger partial charge in [-0.1, -0.05) is 0 Å². The Labute approximate surface area is 139 Å². The molecule has 132 valence electrons. The lowest BCUT2D eigenvalue weighted by Crippen LogP contribution is -2.34. The summed E-state index contributed by atoms with van der Waals surface area (Å²) in [5.41, 5.74) is 0.107. The van der Waals surface area contributed by atoms with E-state index in [0.717, 1.165) is 6.07 Å². The molecule has 1 aromatic rings. The molecule has 2 N–H and O–H groups in total. The number of hydrogen-bond donors (Lipinski definition) is 2. The minimum atomic E-state index is -0.822. The Kier molecular flexibility index (Phi) is 7.63. The summed E-state index contributed by atoms with van der Waals surface area (Å²) in [6.45, 7) is 3.89. The Hall–Kier alpha value is -2.68. The van der Waals surface area contributed by atoms with E-state index < -0.39 is 23.4 Å². The first-order valence-corrected chi connectivity index (χ1v) is 7.33. The monoisotopic (exact) mass is 339 g/mol. The van der Waals surface area contributed by atoms with Crippen LogP contribution in [0.3, 0.4) is 0 Å². The van der Waals surface area contributed by atoms with Gasteiger partial charge in [0.05, 0.1) is 17.1 Å². The first-order chi connectivity index (χ1) is 11.3. The van der Waals surface area contributed by atoms with Gasteiger partial charge in [-0.25, -0.2) is 4.79 Å². The number of benzene rings is 1. The van der Waals surface area contributed by atoms with E-state index in [1.54, 1.807) is 13.8 Å². The van der Waals surface area contributed by atoms with Crippen LogP contribution in [-0.2, 0) is 14.3 Å². The molecule has 1 amide bonds. The molecule has 24 heavy (non-hydrogen) atoms. The van der Waals surface area contributed by atoms with Crippen molar-refractivity contribution < 1.29 is 24.0 Å². The molecule has 0 aliphatic rings. The van der Waals surface area contributed by atoms with Crippen LogP contribution in [0.1, 0.15) is 24.2 Å². The van der Waals surface area contributed by atoms with Gasteiger partial charge in [-0.15, -0.1) is 0 Å². The highest BCUT2D eigenvalue weighted by molar-refractivity contribution is 5.97. The first kappa shape index (κ1) is 19.4. The molecule has 9 nitrogen and oxygen atoms in total. The molecule has 0 bridgehead atoms. The molecule has 0 atom stereocenters. The highest BCUT2D eigenvalue weighted by atomic mass is 16.6. The fourth-order valence-electron chi connectivity index (χ4n) is 1.83. The minimum absolute atomic E-state index is 0.0161. The van der Waals surface area contributed by atoms with Crippen LogP contribution in [0.5, 0.6) is 0 Å². The number of ether oxygens (including phenoxy) is 2. The molecule has 0 aromatic heterocycles. The molecule has 0 saturated heterocycles. The van der Waals surface area contributed by atoms with Crippen molar-refractivity contribution in [1.82, 2.24) is 5.32 Å². The summed E-state index contributed by atoms with van der Waals surface area (Å²) in [6, 6.07) is 3.72. The van der Waals surface area contributed by atoms with Gasteiger partial charge in [0.25, 0.3) is 11.6 Å². The van der Waals surface area contributed by atoms with Crippen molar-refractivity contribution in [1.29, 1.82) is 0 Å². The highest BCUT2D eigenvalue weighted by Crippen LogP contribution is 2.23. The van der Waals surface area contributed by atoms with E-state index in [-0.39, 0.29) is 17.3 Å². The molecular weight excluding hydrogens is 318 g/mol. The number of amides is 1. The Morgan fingerprint density at radius 2 is 2.04 bits per heavy atom. The highest BCUT2D eigenvalue weighted by Gasteiger charge is 2.19. The zero-order valence-electron chi connectivity index (χ0n) is 13.8. The standard InChI is InChI=1S/C15H21N3O6/c1-10(2)17-14(19)9-24-15(20)12-8-11(18(21)22)4-5-13(12)16-6-7-23-3/h4-5,8,10,16H,6-7,9H2,1-3H3,(H,17,19). The molecule has 0 saturated carbocycles. The maximum Gasteiger partial charge on any atom is 0.341 e. The van der Waals surface area contributed by atoms with Crippen molar-refractivity contribution in [3.63, 3.8) is 0 Å². The van der Waals surface area contributed by atoms with Crippen molar-refractivity contribution in [2.45, 2.75) is 19.9 Å². The number of nitrogens with zero attached hydrogens (tertiary/aromatic N) is 1. The predicted molar refractivity (Wildman–Crippen MR) is 87.0 cm³/mol. The zero-order chi connectivity index (χ0) is 18.1. The lowest BCUT2D eigenvalue weighted by Gasteiger charge is -2.12. The lowest BCUT2D eigenvalue weighted by molar-refractivity contribution is -0.384. The van der Waals surface area contributed by atoms with Crippen LogP contribution < -0.4 is 10.6 Å². The second kappa shape index (κ2) is 9.46. The van der Waals surface area contributed by atoms with Gasteiger partial charge >= 0.3 is 5.97 Å². The topological polar surface area (TPSA) is 120 Å². The summed E-state index contributed by atoms with van der Waals surface area (Å²) in [5.74, 6) is -1.27. The summed E-state index contributed by atoms with van der Waals surface area (Å²) >= 11 is 0. The quantitative estimate of drug-likeness (QED) is 0.301. The maximum atomic E-state index is 12.2. The van der Waals surface area contributed by atoms with E-state index in [1.807, 2.05) is 0 Å². The number of nitro groups is 1. The summed E-state index contributed by atoms with van der Waals surface area (Å²) in [5, 5.41) is 16.4. The number of anilines is 1. The van der Waals surface area contributed by atoms with Crippen LogP contribution in [0, 0.1) is 10.1 Å². The van der Waals surface area contributed by atoms with Crippen molar-refractivity contribution >= 4 is 23.3 Å². The molecule has 9 heteroatoms. The van der Waals surface area contributed by atoms with Crippen LogP contribution in [0.2, 0.25) is 0 Å². The number of hydrogen-bond acceptors (Lipinski definition) is 7. The van der Waals surface area contributed by atoms with Crippen LogP contribution in [0.15, 0.2) is 18.2 Å². The van der Waals surface area contributed by atoms with E-state index >= 15 is 0 Å². The normalized spacial score (nSPS) is 10.3. The van der Waals surface area contributed by atoms with Gasteiger partial charge in [-0.3, -0.25) is 14.9 Å². The number of nitro benzene ring substituents is 1. The second-order valence-corrected chi connectivity index (χ2v) is 5.20. The third kappa shape index (κ3) is 6.21. The largest absolute Gasteiger partial charge is 0.452 e. The average Bonchev–Trinajstić information content (AvgIpc) is 2.52. The number of carbonyl (C=O) groups is 2. The van der Waals surface area contributed by atoms with Gasteiger partial charge in [0.2, 0.25) is 0 Å².